The monoisotopic (exact) mass is 275 g/mol. The van der Waals surface area contributed by atoms with Crippen molar-refractivity contribution in [3.8, 4) is 0 Å². The second-order valence-corrected chi connectivity index (χ2v) is 5.72. The Morgan fingerprint density at radius 2 is 2.15 bits per heavy atom. The quantitative estimate of drug-likeness (QED) is 0.813. The van der Waals surface area contributed by atoms with Crippen molar-refractivity contribution < 1.29 is 9.52 Å². The molecule has 0 amide bonds. The largest absolute Gasteiger partial charge is 0.464 e. The van der Waals surface area contributed by atoms with E-state index in [1.807, 2.05) is 19.2 Å². The van der Waals surface area contributed by atoms with Gasteiger partial charge in [0.15, 0.2) is 0 Å². The summed E-state index contributed by atoms with van der Waals surface area (Å²) in [6, 6.07) is 8.39. The van der Waals surface area contributed by atoms with Crippen molar-refractivity contribution in [3.63, 3.8) is 0 Å². The summed E-state index contributed by atoms with van der Waals surface area (Å²) in [5.41, 5.74) is 2.09. The lowest BCUT2D eigenvalue weighted by molar-refractivity contribution is 0.180. The second-order valence-electron chi connectivity index (χ2n) is 5.72. The molecule has 0 aliphatic carbocycles. The van der Waals surface area contributed by atoms with E-state index in [1.54, 1.807) is 6.26 Å². The molecule has 0 saturated carbocycles. The first-order valence-electron chi connectivity index (χ1n) is 7.41. The van der Waals surface area contributed by atoms with Crippen LogP contribution in [0.25, 0.3) is 11.0 Å². The zero-order valence-electron chi connectivity index (χ0n) is 12.6. The summed E-state index contributed by atoms with van der Waals surface area (Å²) in [6.07, 6.45) is 5.09. The van der Waals surface area contributed by atoms with Crippen molar-refractivity contribution >= 4 is 11.0 Å². The second kappa shape index (κ2) is 6.42. The van der Waals surface area contributed by atoms with Gasteiger partial charge in [-0.05, 0) is 37.2 Å². The number of benzene rings is 1. The SMILES string of the molecule is CCCCC(C)(c1ccc2occc2c1)C(CO)NC. The number of nitrogens with one attached hydrogen (secondary N) is 1. The molecule has 0 saturated heterocycles. The zero-order chi connectivity index (χ0) is 14.6. The molecule has 2 atom stereocenters. The molecule has 0 spiro atoms. The molecule has 2 unspecified atom stereocenters. The van der Waals surface area contributed by atoms with Crippen molar-refractivity contribution in [2.24, 2.45) is 0 Å². The van der Waals surface area contributed by atoms with Gasteiger partial charge in [-0.25, -0.2) is 0 Å². The van der Waals surface area contributed by atoms with E-state index in [4.69, 9.17) is 4.42 Å². The van der Waals surface area contributed by atoms with Crippen LogP contribution in [0.1, 0.15) is 38.7 Å². The van der Waals surface area contributed by atoms with E-state index < -0.39 is 0 Å². The average molecular weight is 275 g/mol. The van der Waals surface area contributed by atoms with Crippen LogP contribution in [0.15, 0.2) is 34.9 Å². The fourth-order valence-corrected chi connectivity index (χ4v) is 3.00. The van der Waals surface area contributed by atoms with Gasteiger partial charge in [-0.1, -0.05) is 32.8 Å². The molecule has 0 aliphatic heterocycles. The number of hydrogen-bond acceptors (Lipinski definition) is 3. The number of rotatable bonds is 7. The summed E-state index contributed by atoms with van der Waals surface area (Å²) in [7, 11) is 1.92. The van der Waals surface area contributed by atoms with Crippen molar-refractivity contribution in [1.82, 2.24) is 5.32 Å². The molecule has 1 aromatic carbocycles. The van der Waals surface area contributed by atoms with Gasteiger partial charge < -0.3 is 14.8 Å². The Morgan fingerprint density at radius 3 is 2.80 bits per heavy atom. The molecule has 0 radical (unpaired) electrons. The summed E-state index contributed by atoms with van der Waals surface area (Å²) in [5, 5.41) is 14.1. The minimum atomic E-state index is -0.0784. The molecule has 1 heterocycles. The van der Waals surface area contributed by atoms with E-state index in [-0.39, 0.29) is 18.1 Å². The maximum atomic E-state index is 9.71. The molecule has 1 aromatic heterocycles. The van der Waals surface area contributed by atoms with Crippen LogP contribution in [0.5, 0.6) is 0 Å². The molecule has 2 N–H and O–H groups in total. The van der Waals surface area contributed by atoms with Gasteiger partial charge in [0.05, 0.1) is 12.9 Å². The average Bonchev–Trinajstić information content (AvgIpc) is 2.93. The molecule has 0 fully saturated rings. The molecule has 2 rings (SSSR count). The Balaban J connectivity index is 2.42. The molecule has 110 valence electrons. The third-order valence-corrected chi connectivity index (χ3v) is 4.46. The predicted octanol–water partition coefficient (Wildman–Crippen LogP) is 3.46. The number of aliphatic hydroxyl groups is 1. The van der Waals surface area contributed by atoms with Gasteiger partial charge in [-0.3, -0.25) is 0 Å². The summed E-state index contributed by atoms with van der Waals surface area (Å²) in [4.78, 5) is 0. The lowest BCUT2D eigenvalue weighted by Crippen LogP contribution is -2.47. The van der Waals surface area contributed by atoms with Crippen LogP contribution in [0.3, 0.4) is 0 Å². The van der Waals surface area contributed by atoms with E-state index in [0.717, 1.165) is 30.2 Å². The van der Waals surface area contributed by atoms with Gasteiger partial charge in [0.1, 0.15) is 5.58 Å². The Bertz CT molecular complexity index is 545. The van der Waals surface area contributed by atoms with Gasteiger partial charge in [0.2, 0.25) is 0 Å². The lowest BCUT2D eigenvalue weighted by atomic mass is 9.72. The maximum absolute atomic E-state index is 9.71. The highest BCUT2D eigenvalue weighted by Gasteiger charge is 2.34. The van der Waals surface area contributed by atoms with Crippen molar-refractivity contribution in [2.75, 3.05) is 13.7 Å². The Hall–Kier alpha value is -1.32. The molecule has 20 heavy (non-hydrogen) atoms. The molecule has 3 nitrogen and oxygen atoms in total. The third-order valence-electron chi connectivity index (χ3n) is 4.46. The Morgan fingerprint density at radius 1 is 1.35 bits per heavy atom. The first-order valence-corrected chi connectivity index (χ1v) is 7.41. The smallest absolute Gasteiger partial charge is 0.133 e. The van der Waals surface area contributed by atoms with Crippen LogP contribution in [-0.2, 0) is 5.41 Å². The normalized spacial score (nSPS) is 16.2. The summed E-state index contributed by atoms with van der Waals surface area (Å²) in [5.74, 6) is 0. The Kier molecular flexibility index (Phi) is 4.84. The number of furan rings is 1. The number of unbranched alkanes of at least 4 members (excludes halogenated alkanes) is 1. The van der Waals surface area contributed by atoms with Gasteiger partial charge in [0, 0.05) is 16.8 Å². The predicted molar refractivity (Wildman–Crippen MR) is 83.0 cm³/mol. The molecule has 2 aromatic rings. The molecule has 0 bridgehead atoms. The van der Waals surface area contributed by atoms with Crippen molar-refractivity contribution in [1.29, 1.82) is 0 Å². The summed E-state index contributed by atoms with van der Waals surface area (Å²) >= 11 is 0. The van der Waals surface area contributed by atoms with E-state index in [9.17, 15) is 5.11 Å². The molecule has 0 aliphatic rings. The van der Waals surface area contributed by atoms with Gasteiger partial charge >= 0.3 is 0 Å². The number of aliphatic hydroxyl groups excluding tert-OH is 1. The molecular formula is C17H25NO2. The van der Waals surface area contributed by atoms with Crippen LogP contribution >= 0.6 is 0 Å². The van der Waals surface area contributed by atoms with Gasteiger partial charge in [-0.15, -0.1) is 0 Å². The van der Waals surface area contributed by atoms with Crippen LogP contribution in [0.2, 0.25) is 0 Å². The molecule has 3 heteroatoms. The Labute approximate surface area is 121 Å². The van der Waals surface area contributed by atoms with E-state index in [1.165, 1.54) is 5.56 Å². The minimum absolute atomic E-state index is 0.0541. The highest BCUT2D eigenvalue weighted by molar-refractivity contribution is 5.78. The zero-order valence-corrected chi connectivity index (χ0v) is 12.6. The highest BCUT2D eigenvalue weighted by Crippen LogP contribution is 2.35. The number of fused-ring (bicyclic) bond motifs is 1. The summed E-state index contributed by atoms with van der Waals surface area (Å²) in [6.45, 7) is 4.58. The number of hydrogen-bond donors (Lipinski definition) is 2. The van der Waals surface area contributed by atoms with Gasteiger partial charge in [0.25, 0.3) is 0 Å². The fourth-order valence-electron chi connectivity index (χ4n) is 3.00. The number of likely N-dealkylation sites (N-methyl/N-ethyl adjacent to an activating group) is 1. The van der Waals surface area contributed by atoms with Crippen LogP contribution in [0, 0.1) is 0 Å². The van der Waals surface area contributed by atoms with Crippen LogP contribution in [0.4, 0.5) is 0 Å². The maximum Gasteiger partial charge on any atom is 0.133 e. The minimum Gasteiger partial charge on any atom is -0.464 e. The van der Waals surface area contributed by atoms with E-state index >= 15 is 0 Å². The van der Waals surface area contributed by atoms with E-state index in [0.29, 0.717) is 0 Å². The first-order chi connectivity index (χ1) is 9.65. The molecular weight excluding hydrogens is 250 g/mol. The standard InChI is InChI=1S/C17H25NO2/c1-4-5-9-17(2,16(12-19)18-3)14-6-7-15-13(11-14)8-10-20-15/h6-8,10-11,16,18-19H,4-5,9,12H2,1-3H3. The lowest BCUT2D eigenvalue weighted by Gasteiger charge is -2.37. The topological polar surface area (TPSA) is 45.4 Å². The van der Waals surface area contributed by atoms with Crippen molar-refractivity contribution in [3.05, 3.63) is 36.1 Å². The fraction of sp³-hybridized carbons (Fsp3) is 0.529. The summed E-state index contributed by atoms with van der Waals surface area (Å²) < 4.78 is 5.41. The van der Waals surface area contributed by atoms with Crippen LogP contribution in [-0.4, -0.2) is 24.8 Å². The van der Waals surface area contributed by atoms with Gasteiger partial charge in [-0.2, -0.15) is 0 Å². The van der Waals surface area contributed by atoms with E-state index in [2.05, 4.69) is 31.3 Å². The first kappa shape index (κ1) is 15.1. The third kappa shape index (κ3) is 2.74. The van der Waals surface area contributed by atoms with Crippen molar-refractivity contribution in [2.45, 2.75) is 44.6 Å². The van der Waals surface area contributed by atoms with Crippen LogP contribution < -0.4 is 5.32 Å². The highest BCUT2D eigenvalue weighted by atomic mass is 16.3.